The average Bonchev–Trinajstić information content (AvgIpc) is 3.38. The summed E-state index contributed by atoms with van der Waals surface area (Å²) in [7, 11) is 0. The number of ether oxygens (including phenoxy) is 1. The number of thioether (sulfide) groups is 1. The van der Waals surface area contributed by atoms with E-state index in [0.29, 0.717) is 42.6 Å². The zero-order chi connectivity index (χ0) is 23.9. The fraction of sp³-hybridized carbons (Fsp3) is 0.400. The van der Waals surface area contributed by atoms with Crippen LogP contribution in [0.3, 0.4) is 0 Å². The fourth-order valence-corrected chi connectivity index (χ4v) is 5.25. The molecule has 180 valence electrons. The van der Waals surface area contributed by atoms with Gasteiger partial charge in [0.15, 0.2) is 0 Å². The molecule has 0 aromatic heterocycles. The highest BCUT2D eigenvalue weighted by molar-refractivity contribution is 7.99. The second-order valence-electron chi connectivity index (χ2n) is 8.20. The molecule has 2 saturated heterocycles. The summed E-state index contributed by atoms with van der Waals surface area (Å²) in [6.07, 6.45) is 0. The summed E-state index contributed by atoms with van der Waals surface area (Å²) in [6.45, 7) is 5.30. The lowest BCUT2D eigenvalue weighted by Crippen LogP contribution is -2.50. The summed E-state index contributed by atoms with van der Waals surface area (Å²) in [6, 6.07) is 16.1. The monoisotopic (exact) mass is 482 g/mol. The first kappa shape index (κ1) is 24.1. The average molecular weight is 483 g/mol. The van der Waals surface area contributed by atoms with Gasteiger partial charge in [-0.1, -0.05) is 18.2 Å². The summed E-state index contributed by atoms with van der Waals surface area (Å²) in [5.74, 6) is 0.363. The van der Waals surface area contributed by atoms with Crippen molar-refractivity contribution in [2.24, 2.45) is 0 Å². The van der Waals surface area contributed by atoms with Crippen LogP contribution in [-0.4, -0.2) is 84.6 Å². The van der Waals surface area contributed by atoms with Crippen molar-refractivity contribution in [2.75, 3.05) is 61.2 Å². The first-order chi connectivity index (χ1) is 16.6. The van der Waals surface area contributed by atoms with Gasteiger partial charge in [0.2, 0.25) is 11.8 Å². The lowest BCUT2D eigenvalue weighted by Gasteiger charge is -2.29. The Labute approximate surface area is 204 Å². The number of anilines is 2. The molecule has 2 aliphatic rings. The highest BCUT2D eigenvalue weighted by atomic mass is 32.2. The lowest BCUT2D eigenvalue weighted by atomic mass is 10.1. The minimum absolute atomic E-state index is 0.0604. The van der Waals surface area contributed by atoms with Crippen molar-refractivity contribution >= 4 is 40.9 Å². The SMILES string of the molecule is CCN(CC(=O)Nc1ccc(N2CCOCC2)cc1)C(=O)[C@@H]1CSCN1C(=O)c1ccccc1. The molecular formula is C25H30N4O4S. The van der Waals surface area contributed by atoms with Crippen LogP contribution >= 0.6 is 11.8 Å². The molecule has 2 aromatic carbocycles. The molecule has 3 amide bonds. The molecule has 0 aliphatic carbocycles. The molecule has 1 atom stereocenters. The van der Waals surface area contributed by atoms with Crippen LogP contribution in [0.25, 0.3) is 0 Å². The van der Waals surface area contributed by atoms with E-state index >= 15 is 0 Å². The van der Waals surface area contributed by atoms with Gasteiger partial charge in [0.25, 0.3) is 5.91 Å². The lowest BCUT2D eigenvalue weighted by molar-refractivity contribution is -0.137. The van der Waals surface area contributed by atoms with Crippen molar-refractivity contribution in [2.45, 2.75) is 13.0 Å². The number of amides is 3. The van der Waals surface area contributed by atoms with Gasteiger partial charge in [0.05, 0.1) is 25.6 Å². The van der Waals surface area contributed by atoms with Gasteiger partial charge < -0.3 is 24.8 Å². The number of nitrogens with zero attached hydrogens (tertiary/aromatic N) is 3. The predicted octanol–water partition coefficient (Wildman–Crippen LogP) is 2.53. The Morgan fingerprint density at radius 2 is 1.76 bits per heavy atom. The molecule has 0 spiro atoms. The van der Waals surface area contributed by atoms with Crippen LogP contribution in [0.4, 0.5) is 11.4 Å². The number of rotatable bonds is 7. The zero-order valence-electron chi connectivity index (χ0n) is 19.3. The third-order valence-electron chi connectivity index (χ3n) is 6.00. The van der Waals surface area contributed by atoms with Crippen molar-refractivity contribution < 1.29 is 19.1 Å². The molecule has 2 fully saturated rings. The number of hydrogen-bond donors (Lipinski definition) is 1. The highest BCUT2D eigenvalue weighted by Crippen LogP contribution is 2.25. The van der Waals surface area contributed by atoms with Crippen molar-refractivity contribution in [1.82, 2.24) is 9.80 Å². The Bertz CT molecular complexity index is 996. The van der Waals surface area contributed by atoms with Crippen LogP contribution in [0, 0.1) is 0 Å². The molecular weight excluding hydrogens is 452 g/mol. The molecule has 2 aromatic rings. The summed E-state index contributed by atoms with van der Waals surface area (Å²) in [4.78, 5) is 44.3. The maximum absolute atomic E-state index is 13.3. The Balaban J connectivity index is 1.35. The maximum Gasteiger partial charge on any atom is 0.255 e. The number of likely N-dealkylation sites (N-methyl/N-ethyl adjacent to an activating group) is 1. The third-order valence-corrected chi connectivity index (χ3v) is 7.02. The second kappa shape index (κ2) is 11.4. The number of benzene rings is 2. The summed E-state index contributed by atoms with van der Waals surface area (Å²) < 4.78 is 5.39. The normalized spacial score (nSPS) is 18.0. The molecule has 8 nitrogen and oxygen atoms in total. The largest absolute Gasteiger partial charge is 0.378 e. The molecule has 0 saturated carbocycles. The van der Waals surface area contributed by atoms with Gasteiger partial charge in [0.1, 0.15) is 6.04 Å². The summed E-state index contributed by atoms with van der Waals surface area (Å²) in [5.41, 5.74) is 2.33. The van der Waals surface area contributed by atoms with Gasteiger partial charge in [-0.3, -0.25) is 14.4 Å². The van der Waals surface area contributed by atoms with E-state index in [4.69, 9.17) is 4.74 Å². The van der Waals surface area contributed by atoms with E-state index < -0.39 is 6.04 Å². The Kier molecular flexibility index (Phi) is 8.08. The Morgan fingerprint density at radius 3 is 2.44 bits per heavy atom. The molecule has 2 heterocycles. The maximum atomic E-state index is 13.3. The molecule has 2 aliphatic heterocycles. The predicted molar refractivity (Wildman–Crippen MR) is 134 cm³/mol. The number of carbonyl (C=O) groups is 3. The van der Waals surface area contributed by atoms with E-state index in [1.807, 2.05) is 49.4 Å². The second-order valence-corrected chi connectivity index (χ2v) is 9.20. The van der Waals surface area contributed by atoms with E-state index in [0.717, 1.165) is 18.8 Å². The smallest absolute Gasteiger partial charge is 0.255 e. The number of hydrogen-bond acceptors (Lipinski definition) is 6. The Hall–Kier alpha value is -3.04. The molecule has 0 radical (unpaired) electrons. The van der Waals surface area contributed by atoms with Crippen LogP contribution in [0.1, 0.15) is 17.3 Å². The van der Waals surface area contributed by atoms with Gasteiger partial charge in [-0.2, -0.15) is 0 Å². The van der Waals surface area contributed by atoms with Gasteiger partial charge in [-0.05, 0) is 43.3 Å². The van der Waals surface area contributed by atoms with E-state index in [-0.39, 0.29) is 24.3 Å². The quantitative estimate of drug-likeness (QED) is 0.653. The minimum Gasteiger partial charge on any atom is -0.378 e. The molecule has 0 unspecified atom stereocenters. The molecule has 4 rings (SSSR count). The zero-order valence-corrected chi connectivity index (χ0v) is 20.1. The van der Waals surface area contributed by atoms with Gasteiger partial charge in [0, 0.05) is 42.3 Å². The molecule has 1 N–H and O–H groups in total. The standard InChI is InChI=1S/C25H30N4O4S/c1-2-27(25(32)22-17-34-18-29(22)24(31)19-6-4-3-5-7-19)16-23(30)26-20-8-10-21(11-9-20)28-12-14-33-15-13-28/h3-11,22H,2,12-18H2,1H3,(H,26,30)/t22-/m0/s1. The molecule has 9 heteroatoms. The van der Waals surface area contributed by atoms with Gasteiger partial charge in [-0.25, -0.2) is 0 Å². The van der Waals surface area contributed by atoms with Crippen LogP contribution in [-0.2, 0) is 14.3 Å². The number of nitrogens with one attached hydrogen (secondary N) is 1. The minimum atomic E-state index is -0.571. The molecule has 34 heavy (non-hydrogen) atoms. The topological polar surface area (TPSA) is 82.2 Å². The number of carbonyl (C=O) groups excluding carboxylic acids is 3. The first-order valence-electron chi connectivity index (χ1n) is 11.5. The highest BCUT2D eigenvalue weighted by Gasteiger charge is 2.37. The van der Waals surface area contributed by atoms with Crippen molar-refractivity contribution in [3.8, 4) is 0 Å². The number of morpholine rings is 1. The van der Waals surface area contributed by atoms with Crippen LogP contribution in [0.5, 0.6) is 0 Å². The fourth-order valence-electron chi connectivity index (χ4n) is 4.10. The van der Waals surface area contributed by atoms with Gasteiger partial charge >= 0.3 is 0 Å². The van der Waals surface area contributed by atoms with Crippen LogP contribution < -0.4 is 10.2 Å². The van der Waals surface area contributed by atoms with Crippen molar-refractivity contribution in [3.05, 3.63) is 60.2 Å². The Morgan fingerprint density at radius 1 is 1.06 bits per heavy atom. The van der Waals surface area contributed by atoms with Crippen LogP contribution in [0.2, 0.25) is 0 Å². The van der Waals surface area contributed by atoms with E-state index in [9.17, 15) is 14.4 Å². The van der Waals surface area contributed by atoms with E-state index in [1.165, 1.54) is 4.90 Å². The van der Waals surface area contributed by atoms with Crippen LogP contribution in [0.15, 0.2) is 54.6 Å². The first-order valence-corrected chi connectivity index (χ1v) is 12.7. The third kappa shape index (κ3) is 5.71. The van der Waals surface area contributed by atoms with E-state index in [1.54, 1.807) is 28.8 Å². The van der Waals surface area contributed by atoms with E-state index in [2.05, 4.69) is 10.2 Å². The van der Waals surface area contributed by atoms with Gasteiger partial charge in [-0.15, -0.1) is 11.8 Å². The van der Waals surface area contributed by atoms with Crippen molar-refractivity contribution in [3.63, 3.8) is 0 Å². The summed E-state index contributed by atoms with van der Waals surface area (Å²) >= 11 is 1.55. The van der Waals surface area contributed by atoms with Crippen molar-refractivity contribution in [1.29, 1.82) is 0 Å². The molecule has 0 bridgehead atoms. The summed E-state index contributed by atoms with van der Waals surface area (Å²) in [5, 5.41) is 2.88.